The maximum atomic E-state index is 12.6. The van der Waals surface area contributed by atoms with E-state index in [0.717, 1.165) is 45.3 Å². The van der Waals surface area contributed by atoms with Gasteiger partial charge in [0.25, 0.3) is 0 Å². The molecule has 2 saturated heterocycles. The topological polar surface area (TPSA) is 49.4 Å². The first-order chi connectivity index (χ1) is 15.3. The summed E-state index contributed by atoms with van der Waals surface area (Å²) < 4.78 is 0. The standard InChI is InChI=1S/C18H27NO.C11H21NO/c1-14-12-19(13-15-8-6-5-7-9-15)17(20)16(14)10-11-18(2,3)4;1-8-7-12-10(13)9(8)5-6-11(2,3)4/h5-9,14,16H,10-13H2,1-4H3;8-9H,5-7H2,1-4H3,(H,12,13). The Labute approximate surface area is 202 Å². The molecule has 1 N–H and O–H groups in total. The average molecular weight is 457 g/mol. The number of nitrogens with zero attached hydrogens (tertiary/aromatic N) is 1. The monoisotopic (exact) mass is 456 g/mol. The third-order valence-corrected chi connectivity index (χ3v) is 7.07. The number of carbonyl (C=O) groups excluding carboxylic acids is 2. The van der Waals surface area contributed by atoms with Crippen LogP contribution in [0.15, 0.2) is 30.3 Å². The molecule has 0 saturated carbocycles. The van der Waals surface area contributed by atoms with Gasteiger partial charge in [0, 0.05) is 31.5 Å². The summed E-state index contributed by atoms with van der Waals surface area (Å²) in [6, 6.07) is 10.3. The normalized spacial score (nSPS) is 25.6. The molecule has 4 heteroatoms. The van der Waals surface area contributed by atoms with E-state index in [4.69, 9.17) is 0 Å². The van der Waals surface area contributed by atoms with Crippen molar-refractivity contribution in [1.82, 2.24) is 10.2 Å². The molecule has 0 bridgehead atoms. The van der Waals surface area contributed by atoms with Gasteiger partial charge in [-0.25, -0.2) is 0 Å². The van der Waals surface area contributed by atoms with Gasteiger partial charge in [0.05, 0.1) is 0 Å². The van der Waals surface area contributed by atoms with Crippen molar-refractivity contribution in [1.29, 1.82) is 0 Å². The molecule has 2 aliphatic rings. The zero-order chi connectivity index (χ0) is 24.8. The molecule has 0 aromatic heterocycles. The minimum atomic E-state index is 0.220. The highest BCUT2D eigenvalue weighted by molar-refractivity contribution is 5.81. The van der Waals surface area contributed by atoms with Crippen LogP contribution in [0, 0.1) is 34.5 Å². The molecule has 2 heterocycles. The molecule has 0 radical (unpaired) electrons. The molecular formula is C29H48N2O2. The Morgan fingerprint density at radius 1 is 0.848 bits per heavy atom. The van der Waals surface area contributed by atoms with Crippen LogP contribution in [0.25, 0.3) is 0 Å². The maximum Gasteiger partial charge on any atom is 0.226 e. The van der Waals surface area contributed by atoms with E-state index in [9.17, 15) is 9.59 Å². The van der Waals surface area contributed by atoms with E-state index in [2.05, 4.69) is 72.8 Å². The van der Waals surface area contributed by atoms with E-state index in [-0.39, 0.29) is 17.7 Å². The highest BCUT2D eigenvalue weighted by Gasteiger charge is 2.37. The fraction of sp³-hybridized carbons (Fsp3) is 0.724. The Morgan fingerprint density at radius 2 is 1.39 bits per heavy atom. The quantitative estimate of drug-likeness (QED) is 0.546. The minimum Gasteiger partial charge on any atom is -0.356 e. The smallest absolute Gasteiger partial charge is 0.226 e. The van der Waals surface area contributed by atoms with Gasteiger partial charge in [0.2, 0.25) is 11.8 Å². The van der Waals surface area contributed by atoms with Crippen LogP contribution in [0.3, 0.4) is 0 Å². The summed E-state index contributed by atoms with van der Waals surface area (Å²) in [5.41, 5.74) is 1.89. The lowest BCUT2D eigenvalue weighted by molar-refractivity contribution is -0.132. The molecule has 4 atom stereocenters. The number of carbonyl (C=O) groups is 2. The molecule has 1 aromatic carbocycles. The largest absolute Gasteiger partial charge is 0.356 e. The number of likely N-dealkylation sites (tertiary alicyclic amines) is 1. The van der Waals surface area contributed by atoms with Gasteiger partial charge in [-0.15, -0.1) is 0 Å². The van der Waals surface area contributed by atoms with Crippen molar-refractivity contribution in [2.75, 3.05) is 13.1 Å². The Morgan fingerprint density at radius 3 is 1.88 bits per heavy atom. The zero-order valence-electron chi connectivity index (χ0n) is 22.4. The SMILES string of the molecule is CC1CN(Cc2ccccc2)C(=O)C1CCC(C)(C)C.CC1CNC(=O)C1CCC(C)(C)C. The molecule has 33 heavy (non-hydrogen) atoms. The summed E-state index contributed by atoms with van der Waals surface area (Å²) in [5.74, 6) is 2.10. The van der Waals surface area contributed by atoms with Crippen LogP contribution in [-0.2, 0) is 16.1 Å². The predicted molar refractivity (Wildman–Crippen MR) is 138 cm³/mol. The number of hydrogen-bond donors (Lipinski definition) is 1. The zero-order valence-corrected chi connectivity index (χ0v) is 22.4. The first kappa shape index (κ1) is 27.4. The average Bonchev–Trinajstić information content (AvgIpc) is 3.16. The lowest BCUT2D eigenvalue weighted by Gasteiger charge is -2.21. The summed E-state index contributed by atoms with van der Waals surface area (Å²) in [6.45, 7) is 20.3. The van der Waals surface area contributed by atoms with Crippen LogP contribution in [0.4, 0.5) is 0 Å². The van der Waals surface area contributed by atoms with Crippen LogP contribution in [0.2, 0.25) is 0 Å². The van der Waals surface area contributed by atoms with Gasteiger partial charge in [-0.2, -0.15) is 0 Å². The fourth-order valence-electron chi connectivity index (χ4n) is 4.78. The Kier molecular flexibility index (Phi) is 9.58. The number of benzene rings is 1. The van der Waals surface area contributed by atoms with Gasteiger partial charge < -0.3 is 10.2 Å². The molecule has 2 aliphatic heterocycles. The second-order valence-corrected chi connectivity index (χ2v) is 12.8. The minimum absolute atomic E-state index is 0.220. The molecular weight excluding hydrogens is 408 g/mol. The first-order valence-electron chi connectivity index (χ1n) is 12.9. The third kappa shape index (κ3) is 9.14. The van der Waals surface area contributed by atoms with E-state index >= 15 is 0 Å². The van der Waals surface area contributed by atoms with Crippen LogP contribution >= 0.6 is 0 Å². The van der Waals surface area contributed by atoms with Crippen LogP contribution in [0.5, 0.6) is 0 Å². The van der Waals surface area contributed by atoms with Crippen molar-refractivity contribution < 1.29 is 9.59 Å². The van der Waals surface area contributed by atoms with Crippen LogP contribution in [0.1, 0.15) is 86.6 Å². The van der Waals surface area contributed by atoms with Gasteiger partial charge in [0.15, 0.2) is 0 Å². The van der Waals surface area contributed by atoms with Crippen molar-refractivity contribution in [2.24, 2.45) is 34.5 Å². The molecule has 2 fully saturated rings. The molecule has 4 unspecified atom stereocenters. The van der Waals surface area contributed by atoms with Crippen LogP contribution < -0.4 is 5.32 Å². The fourth-order valence-corrected chi connectivity index (χ4v) is 4.78. The summed E-state index contributed by atoms with van der Waals surface area (Å²) in [7, 11) is 0. The summed E-state index contributed by atoms with van der Waals surface area (Å²) >= 11 is 0. The van der Waals surface area contributed by atoms with Gasteiger partial charge in [-0.05, 0) is 53.9 Å². The number of hydrogen-bond acceptors (Lipinski definition) is 2. The molecule has 4 nitrogen and oxygen atoms in total. The van der Waals surface area contributed by atoms with Gasteiger partial charge >= 0.3 is 0 Å². The summed E-state index contributed by atoms with van der Waals surface area (Å²) in [4.78, 5) is 26.0. The van der Waals surface area contributed by atoms with Gasteiger partial charge in [-0.3, -0.25) is 9.59 Å². The molecule has 2 amide bonds. The van der Waals surface area contributed by atoms with E-state index < -0.39 is 0 Å². The molecule has 0 aliphatic carbocycles. The van der Waals surface area contributed by atoms with Crippen molar-refractivity contribution >= 4 is 11.8 Å². The second kappa shape index (κ2) is 11.5. The number of nitrogens with one attached hydrogen (secondary N) is 1. The van der Waals surface area contributed by atoms with Crippen molar-refractivity contribution in [2.45, 2.75) is 87.6 Å². The van der Waals surface area contributed by atoms with Crippen molar-refractivity contribution in [3.63, 3.8) is 0 Å². The lowest BCUT2D eigenvalue weighted by Crippen LogP contribution is -2.27. The van der Waals surface area contributed by atoms with E-state index in [0.29, 0.717) is 28.6 Å². The predicted octanol–water partition coefficient (Wildman–Crippen LogP) is 6.30. The third-order valence-electron chi connectivity index (χ3n) is 7.07. The Hall–Kier alpha value is -1.84. The first-order valence-corrected chi connectivity index (χ1v) is 12.9. The van der Waals surface area contributed by atoms with Crippen molar-refractivity contribution in [3.05, 3.63) is 35.9 Å². The molecule has 3 rings (SSSR count). The highest BCUT2D eigenvalue weighted by Crippen LogP contribution is 2.33. The van der Waals surface area contributed by atoms with Crippen molar-refractivity contribution in [3.8, 4) is 0 Å². The number of rotatable bonds is 6. The lowest BCUT2D eigenvalue weighted by atomic mass is 9.83. The summed E-state index contributed by atoms with van der Waals surface area (Å²) in [5, 5.41) is 2.92. The Balaban J connectivity index is 0.000000257. The van der Waals surface area contributed by atoms with Crippen LogP contribution in [-0.4, -0.2) is 29.8 Å². The molecule has 0 spiro atoms. The summed E-state index contributed by atoms with van der Waals surface area (Å²) in [6.07, 6.45) is 4.31. The maximum absolute atomic E-state index is 12.6. The van der Waals surface area contributed by atoms with E-state index in [1.54, 1.807) is 0 Å². The molecule has 186 valence electrons. The molecule has 1 aromatic rings. The highest BCUT2D eigenvalue weighted by atomic mass is 16.2. The van der Waals surface area contributed by atoms with E-state index in [1.165, 1.54) is 5.56 Å². The Bertz CT molecular complexity index is 760. The van der Waals surface area contributed by atoms with E-state index in [1.807, 2.05) is 23.1 Å². The van der Waals surface area contributed by atoms with Gasteiger partial charge in [-0.1, -0.05) is 85.7 Å². The number of amides is 2. The second-order valence-electron chi connectivity index (χ2n) is 12.8. The van der Waals surface area contributed by atoms with Gasteiger partial charge in [0.1, 0.15) is 0 Å².